The number of rotatable bonds is 3. The second-order valence-electron chi connectivity index (χ2n) is 5.77. The van der Waals surface area contributed by atoms with Gasteiger partial charge in [0, 0.05) is 12.4 Å². The van der Waals surface area contributed by atoms with Gasteiger partial charge in [0.05, 0.1) is 0 Å². The van der Waals surface area contributed by atoms with E-state index in [4.69, 9.17) is 0 Å². The van der Waals surface area contributed by atoms with Gasteiger partial charge < -0.3 is 0 Å². The predicted octanol–water partition coefficient (Wildman–Crippen LogP) is 6.08. The second-order valence-corrected chi connectivity index (χ2v) is 5.77. The minimum Gasteiger partial charge on any atom is -0.265 e. The summed E-state index contributed by atoms with van der Waals surface area (Å²) in [5, 5.41) is 0. The van der Waals surface area contributed by atoms with E-state index in [0.717, 1.165) is 0 Å². The van der Waals surface area contributed by atoms with Crippen LogP contribution in [0.3, 0.4) is 0 Å². The molecule has 4 rings (SSSR count). The first-order valence-corrected chi connectivity index (χ1v) is 8.06. The molecule has 0 saturated carbocycles. The molecular weight excluding hydrogens is 290 g/mol. The van der Waals surface area contributed by atoms with E-state index in [1.807, 2.05) is 24.5 Å². The van der Waals surface area contributed by atoms with Gasteiger partial charge >= 0.3 is 0 Å². The van der Waals surface area contributed by atoms with Crippen LogP contribution in [0.2, 0.25) is 0 Å². The summed E-state index contributed by atoms with van der Waals surface area (Å²) in [4.78, 5) is 4.13. The highest BCUT2D eigenvalue weighted by atomic mass is 14.6. The van der Waals surface area contributed by atoms with E-state index in [2.05, 4.69) is 83.8 Å². The molecule has 0 aliphatic heterocycles. The highest BCUT2D eigenvalue weighted by molar-refractivity contribution is 5.80. The zero-order chi connectivity index (χ0) is 16.2. The van der Waals surface area contributed by atoms with E-state index < -0.39 is 0 Å². The summed E-state index contributed by atoms with van der Waals surface area (Å²) in [6.07, 6.45) is 3.68. The monoisotopic (exact) mass is 307 g/mol. The van der Waals surface area contributed by atoms with E-state index >= 15 is 0 Å². The molecule has 1 nitrogen and oxygen atoms in total. The normalized spacial score (nSPS) is 10.5. The van der Waals surface area contributed by atoms with Crippen molar-refractivity contribution < 1.29 is 0 Å². The summed E-state index contributed by atoms with van der Waals surface area (Å²) in [5.74, 6) is 0. The Morgan fingerprint density at radius 2 is 0.750 bits per heavy atom. The third-order valence-corrected chi connectivity index (χ3v) is 4.16. The summed E-state index contributed by atoms with van der Waals surface area (Å²) in [7, 11) is 0. The molecular formula is C23H17N. The number of benzene rings is 3. The standard InChI is InChI=1S/C23H17N/c1-3-7-18(8-4-1)21-15-22(19-9-5-2-6-10-19)17-23(16-21)20-11-13-24-14-12-20/h1-17H. The fraction of sp³-hybridized carbons (Fsp3) is 0. The number of nitrogens with zero attached hydrogens (tertiary/aromatic N) is 1. The molecule has 24 heavy (non-hydrogen) atoms. The van der Waals surface area contributed by atoms with Crippen molar-refractivity contribution in [3.8, 4) is 33.4 Å². The van der Waals surface area contributed by atoms with E-state index in [-0.39, 0.29) is 0 Å². The quantitative estimate of drug-likeness (QED) is 0.447. The molecule has 0 amide bonds. The Morgan fingerprint density at radius 1 is 0.375 bits per heavy atom. The summed E-state index contributed by atoms with van der Waals surface area (Å²) < 4.78 is 0. The van der Waals surface area contributed by atoms with Gasteiger partial charge in [0.25, 0.3) is 0 Å². The Morgan fingerprint density at radius 3 is 1.17 bits per heavy atom. The fourth-order valence-corrected chi connectivity index (χ4v) is 2.93. The lowest BCUT2D eigenvalue weighted by atomic mass is 9.94. The average molecular weight is 307 g/mol. The topological polar surface area (TPSA) is 12.9 Å². The largest absolute Gasteiger partial charge is 0.265 e. The van der Waals surface area contributed by atoms with Crippen LogP contribution in [0.5, 0.6) is 0 Å². The highest BCUT2D eigenvalue weighted by Crippen LogP contribution is 2.32. The molecule has 3 aromatic carbocycles. The van der Waals surface area contributed by atoms with Gasteiger partial charge in [0.2, 0.25) is 0 Å². The SMILES string of the molecule is c1ccc(-c2cc(-c3ccccc3)cc(-c3ccncc3)c2)cc1. The predicted molar refractivity (Wildman–Crippen MR) is 101 cm³/mol. The van der Waals surface area contributed by atoms with Crippen LogP contribution >= 0.6 is 0 Å². The zero-order valence-corrected chi connectivity index (χ0v) is 13.3. The van der Waals surface area contributed by atoms with Gasteiger partial charge in [-0.25, -0.2) is 0 Å². The third kappa shape index (κ3) is 2.97. The van der Waals surface area contributed by atoms with Crippen LogP contribution in [0, 0.1) is 0 Å². The Hall–Kier alpha value is -3.19. The molecule has 0 spiro atoms. The minimum atomic E-state index is 1.18. The van der Waals surface area contributed by atoms with Crippen LogP contribution in [0.1, 0.15) is 0 Å². The van der Waals surface area contributed by atoms with Crippen LogP contribution < -0.4 is 0 Å². The maximum Gasteiger partial charge on any atom is 0.0273 e. The number of hydrogen-bond acceptors (Lipinski definition) is 1. The van der Waals surface area contributed by atoms with Crippen LogP contribution in [0.25, 0.3) is 33.4 Å². The van der Waals surface area contributed by atoms with E-state index in [1.54, 1.807) is 0 Å². The minimum absolute atomic E-state index is 1.18. The molecule has 0 fully saturated rings. The third-order valence-electron chi connectivity index (χ3n) is 4.16. The summed E-state index contributed by atoms with van der Waals surface area (Å²) in [6, 6.07) is 31.9. The van der Waals surface area contributed by atoms with Gasteiger partial charge in [-0.3, -0.25) is 4.98 Å². The molecule has 0 aliphatic carbocycles. The van der Waals surface area contributed by atoms with Gasteiger partial charge in [-0.2, -0.15) is 0 Å². The molecule has 0 saturated heterocycles. The molecule has 0 atom stereocenters. The lowest BCUT2D eigenvalue weighted by Gasteiger charge is -2.11. The van der Waals surface area contributed by atoms with E-state index in [9.17, 15) is 0 Å². The first kappa shape index (κ1) is 14.4. The average Bonchev–Trinajstić information content (AvgIpc) is 2.70. The van der Waals surface area contributed by atoms with Gasteiger partial charge in [-0.15, -0.1) is 0 Å². The van der Waals surface area contributed by atoms with E-state index in [1.165, 1.54) is 33.4 Å². The Bertz CT molecular complexity index is 790. The summed E-state index contributed by atoms with van der Waals surface area (Å²) >= 11 is 0. The van der Waals surface area contributed by atoms with Gasteiger partial charge in [0.1, 0.15) is 0 Å². The van der Waals surface area contributed by atoms with Gasteiger partial charge in [-0.05, 0) is 63.7 Å². The van der Waals surface area contributed by atoms with Crippen molar-refractivity contribution in [2.75, 3.05) is 0 Å². The summed E-state index contributed by atoms with van der Waals surface area (Å²) in [5.41, 5.74) is 7.29. The van der Waals surface area contributed by atoms with Crippen molar-refractivity contribution in [3.63, 3.8) is 0 Å². The lowest BCUT2D eigenvalue weighted by Crippen LogP contribution is -1.86. The lowest BCUT2D eigenvalue weighted by molar-refractivity contribution is 1.33. The molecule has 1 aromatic heterocycles. The molecule has 1 heterocycles. The first-order valence-electron chi connectivity index (χ1n) is 8.06. The Kier molecular flexibility index (Phi) is 3.91. The van der Waals surface area contributed by atoms with Crippen LogP contribution in [0.4, 0.5) is 0 Å². The summed E-state index contributed by atoms with van der Waals surface area (Å²) in [6.45, 7) is 0. The Labute approximate surface area is 142 Å². The zero-order valence-electron chi connectivity index (χ0n) is 13.3. The maximum absolute atomic E-state index is 4.13. The highest BCUT2D eigenvalue weighted by Gasteiger charge is 2.06. The van der Waals surface area contributed by atoms with E-state index in [0.29, 0.717) is 0 Å². The van der Waals surface area contributed by atoms with Gasteiger partial charge in [0.15, 0.2) is 0 Å². The van der Waals surface area contributed by atoms with Crippen molar-refractivity contribution in [3.05, 3.63) is 103 Å². The maximum atomic E-state index is 4.13. The van der Waals surface area contributed by atoms with Crippen molar-refractivity contribution in [2.24, 2.45) is 0 Å². The van der Waals surface area contributed by atoms with Crippen LogP contribution in [0.15, 0.2) is 103 Å². The molecule has 0 N–H and O–H groups in total. The number of aromatic nitrogens is 1. The van der Waals surface area contributed by atoms with Crippen LogP contribution in [-0.2, 0) is 0 Å². The number of hydrogen-bond donors (Lipinski definition) is 0. The molecule has 4 aromatic rings. The van der Waals surface area contributed by atoms with Gasteiger partial charge in [-0.1, -0.05) is 60.7 Å². The molecule has 1 heteroatoms. The molecule has 0 radical (unpaired) electrons. The van der Waals surface area contributed by atoms with Crippen molar-refractivity contribution >= 4 is 0 Å². The Balaban J connectivity index is 1.92. The molecule has 0 aliphatic rings. The molecule has 0 bridgehead atoms. The van der Waals surface area contributed by atoms with Crippen molar-refractivity contribution in [1.82, 2.24) is 4.98 Å². The molecule has 114 valence electrons. The second kappa shape index (κ2) is 6.51. The number of pyridine rings is 1. The van der Waals surface area contributed by atoms with Crippen LogP contribution in [-0.4, -0.2) is 4.98 Å². The molecule has 0 unspecified atom stereocenters. The first-order chi connectivity index (χ1) is 11.9. The van der Waals surface area contributed by atoms with Crippen molar-refractivity contribution in [1.29, 1.82) is 0 Å². The smallest absolute Gasteiger partial charge is 0.0273 e. The van der Waals surface area contributed by atoms with Crippen molar-refractivity contribution in [2.45, 2.75) is 0 Å². The fourth-order valence-electron chi connectivity index (χ4n) is 2.93.